The van der Waals surface area contributed by atoms with Crippen molar-refractivity contribution in [3.05, 3.63) is 48.3 Å². The number of fused-ring (bicyclic) bond motifs is 1. The molecule has 6 nitrogen and oxygen atoms in total. The van der Waals surface area contributed by atoms with Gasteiger partial charge in [0.15, 0.2) is 5.13 Å². The fraction of sp³-hybridized carbons (Fsp3) is 0.316. The molecular weight excluding hydrogens is 348 g/mol. The van der Waals surface area contributed by atoms with Crippen molar-refractivity contribution in [1.29, 1.82) is 0 Å². The third kappa shape index (κ3) is 3.35. The Labute approximate surface area is 155 Å². The standard InChI is InChI=1S/C19H20N4O2S/c1-25-15-3-2-4-16-17(15)22-19(26-16)23-11-7-14(8-12-23)21-18(24)13-5-9-20-10-6-13/h2-6,9-10,14H,7-8,11-12H2,1H3,(H,21,24). The van der Waals surface area contributed by atoms with E-state index in [-0.39, 0.29) is 11.9 Å². The lowest BCUT2D eigenvalue weighted by molar-refractivity contribution is 0.0931. The van der Waals surface area contributed by atoms with Crippen LogP contribution in [0.1, 0.15) is 23.2 Å². The molecule has 1 saturated heterocycles. The van der Waals surface area contributed by atoms with Crippen LogP contribution in [0.5, 0.6) is 5.75 Å². The number of pyridine rings is 1. The average molecular weight is 368 g/mol. The number of para-hydroxylation sites is 1. The van der Waals surface area contributed by atoms with Gasteiger partial charge in [0.1, 0.15) is 11.3 Å². The number of carbonyl (C=O) groups excluding carboxylic acids is 1. The van der Waals surface area contributed by atoms with Crippen LogP contribution in [0, 0.1) is 0 Å². The number of amides is 1. The summed E-state index contributed by atoms with van der Waals surface area (Å²) in [5, 5.41) is 4.14. The Kier molecular flexibility index (Phi) is 4.71. The van der Waals surface area contributed by atoms with Gasteiger partial charge in [0.25, 0.3) is 5.91 Å². The first-order valence-electron chi connectivity index (χ1n) is 8.64. The monoisotopic (exact) mass is 368 g/mol. The highest BCUT2D eigenvalue weighted by Gasteiger charge is 2.23. The predicted octanol–water partition coefficient (Wildman–Crippen LogP) is 3.10. The molecule has 3 aromatic rings. The van der Waals surface area contributed by atoms with Crippen molar-refractivity contribution in [2.24, 2.45) is 0 Å². The quantitative estimate of drug-likeness (QED) is 0.766. The number of carbonyl (C=O) groups is 1. The Balaban J connectivity index is 1.40. The third-order valence-corrected chi connectivity index (χ3v) is 5.72. The van der Waals surface area contributed by atoms with E-state index in [2.05, 4.69) is 21.3 Å². The minimum atomic E-state index is -0.0319. The summed E-state index contributed by atoms with van der Waals surface area (Å²) in [7, 11) is 1.67. The zero-order valence-electron chi connectivity index (χ0n) is 14.5. The molecule has 7 heteroatoms. The van der Waals surface area contributed by atoms with Crippen LogP contribution in [0.4, 0.5) is 5.13 Å². The summed E-state index contributed by atoms with van der Waals surface area (Å²) in [6.45, 7) is 1.76. The number of ether oxygens (including phenoxy) is 1. The van der Waals surface area contributed by atoms with E-state index >= 15 is 0 Å². The van der Waals surface area contributed by atoms with Crippen LogP contribution in [0.2, 0.25) is 0 Å². The summed E-state index contributed by atoms with van der Waals surface area (Å²) in [6, 6.07) is 9.66. The van der Waals surface area contributed by atoms with Gasteiger partial charge in [0.05, 0.1) is 11.8 Å². The Hall–Kier alpha value is -2.67. The highest BCUT2D eigenvalue weighted by molar-refractivity contribution is 7.22. The van der Waals surface area contributed by atoms with Crippen LogP contribution < -0.4 is 15.0 Å². The van der Waals surface area contributed by atoms with Gasteiger partial charge >= 0.3 is 0 Å². The van der Waals surface area contributed by atoms with Crippen LogP contribution in [0.25, 0.3) is 10.2 Å². The average Bonchev–Trinajstić information content (AvgIpc) is 3.13. The van der Waals surface area contributed by atoms with Crippen molar-refractivity contribution in [2.45, 2.75) is 18.9 Å². The molecule has 0 bridgehead atoms. The van der Waals surface area contributed by atoms with Crippen molar-refractivity contribution < 1.29 is 9.53 Å². The second-order valence-corrected chi connectivity index (χ2v) is 7.28. The van der Waals surface area contributed by atoms with Crippen LogP contribution in [-0.2, 0) is 0 Å². The number of methoxy groups -OCH3 is 1. The van der Waals surface area contributed by atoms with Gasteiger partial charge in [-0.3, -0.25) is 9.78 Å². The molecular formula is C19H20N4O2S. The van der Waals surface area contributed by atoms with Gasteiger partial charge in [-0.15, -0.1) is 0 Å². The number of anilines is 1. The number of aromatic nitrogens is 2. The largest absolute Gasteiger partial charge is 0.494 e. The van der Waals surface area contributed by atoms with E-state index in [1.165, 1.54) is 0 Å². The van der Waals surface area contributed by atoms with E-state index in [0.717, 1.165) is 47.0 Å². The molecule has 3 heterocycles. The van der Waals surface area contributed by atoms with E-state index in [0.29, 0.717) is 5.56 Å². The van der Waals surface area contributed by atoms with Crippen LogP contribution >= 0.6 is 11.3 Å². The normalized spacial score (nSPS) is 15.2. The number of hydrogen-bond acceptors (Lipinski definition) is 6. The van der Waals surface area contributed by atoms with Crippen molar-refractivity contribution in [3.63, 3.8) is 0 Å². The Morgan fingerprint density at radius 3 is 2.73 bits per heavy atom. The molecule has 0 radical (unpaired) electrons. The molecule has 1 aliphatic rings. The van der Waals surface area contributed by atoms with E-state index < -0.39 is 0 Å². The van der Waals surface area contributed by atoms with Gasteiger partial charge in [-0.2, -0.15) is 0 Å². The number of nitrogens with zero attached hydrogens (tertiary/aromatic N) is 3. The molecule has 0 saturated carbocycles. The minimum Gasteiger partial charge on any atom is -0.494 e. The van der Waals surface area contributed by atoms with Crippen molar-refractivity contribution in [2.75, 3.05) is 25.1 Å². The molecule has 134 valence electrons. The fourth-order valence-electron chi connectivity index (χ4n) is 3.20. The number of rotatable bonds is 4. The smallest absolute Gasteiger partial charge is 0.251 e. The molecule has 26 heavy (non-hydrogen) atoms. The molecule has 1 fully saturated rings. The van der Waals surface area contributed by atoms with E-state index in [1.807, 2.05) is 12.1 Å². The lowest BCUT2D eigenvalue weighted by Gasteiger charge is -2.32. The molecule has 1 amide bonds. The first-order valence-corrected chi connectivity index (χ1v) is 9.45. The highest BCUT2D eigenvalue weighted by Crippen LogP contribution is 2.34. The van der Waals surface area contributed by atoms with Crippen LogP contribution in [0.15, 0.2) is 42.7 Å². The fourth-order valence-corrected chi connectivity index (χ4v) is 4.23. The van der Waals surface area contributed by atoms with E-state index in [9.17, 15) is 4.79 Å². The molecule has 1 N–H and O–H groups in total. The third-order valence-electron chi connectivity index (χ3n) is 4.63. The number of hydrogen-bond donors (Lipinski definition) is 1. The van der Waals surface area contributed by atoms with E-state index in [1.54, 1.807) is 43.0 Å². The summed E-state index contributed by atoms with van der Waals surface area (Å²) < 4.78 is 6.54. The van der Waals surface area contributed by atoms with Crippen LogP contribution in [0.3, 0.4) is 0 Å². The van der Waals surface area contributed by atoms with Crippen molar-refractivity contribution >= 4 is 32.6 Å². The second kappa shape index (κ2) is 7.29. The maximum atomic E-state index is 12.3. The summed E-state index contributed by atoms with van der Waals surface area (Å²) in [6.07, 6.45) is 5.09. The molecule has 1 aliphatic heterocycles. The zero-order chi connectivity index (χ0) is 17.9. The molecule has 1 aromatic carbocycles. The highest BCUT2D eigenvalue weighted by atomic mass is 32.1. The lowest BCUT2D eigenvalue weighted by atomic mass is 10.0. The Bertz CT molecular complexity index is 904. The summed E-state index contributed by atoms with van der Waals surface area (Å²) >= 11 is 1.69. The van der Waals surface area contributed by atoms with Gasteiger partial charge in [-0.25, -0.2) is 4.98 Å². The first-order chi connectivity index (χ1) is 12.7. The molecule has 0 atom stereocenters. The molecule has 4 rings (SSSR count). The Morgan fingerprint density at radius 1 is 1.23 bits per heavy atom. The van der Waals surface area contributed by atoms with Crippen LogP contribution in [-0.4, -0.2) is 42.1 Å². The lowest BCUT2D eigenvalue weighted by Crippen LogP contribution is -2.44. The molecule has 0 aliphatic carbocycles. The SMILES string of the molecule is COc1cccc2sc(N3CCC(NC(=O)c4ccncc4)CC3)nc12. The van der Waals surface area contributed by atoms with Gasteiger partial charge in [-0.05, 0) is 37.1 Å². The van der Waals surface area contributed by atoms with Gasteiger partial charge in [-0.1, -0.05) is 17.4 Å². The number of benzene rings is 1. The number of thiazole rings is 1. The summed E-state index contributed by atoms with van der Waals surface area (Å²) in [5.74, 6) is 0.778. The molecule has 0 unspecified atom stereocenters. The number of nitrogens with one attached hydrogen (secondary N) is 1. The van der Waals surface area contributed by atoms with Gasteiger partial charge < -0.3 is 15.0 Å². The minimum absolute atomic E-state index is 0.0319. The summed E-state index contributed by atoms with van der Waals surface area (Å²) in [4.78, 5) is 23.3. The molecule has 0 spiro atoms. The zero-order valence-corrected chi connectivity index (χ0v) is 15.3. The van der Waals surface area contributed by atoms with E-state index in [4.69, 9.17) is 9.72 Å². The van der Waals surface area contributed by atoms with Crippen molar-refractivity contribution in [3.8, 4) is 5.75 Å². The second-order valence-electron chi connectivity index (χ2n) is 6.27. The van der Waals surface area contributed by atoms with Gasteiger partial charge in [0, 0.05) is 37.1 Å². The van der Waals surface area contributed by atoms with Gasteiger partial charge in [0.2, 0.25) is 0 Å². The Morgan fingerprint density at radius 2 is 2.00 bits per heavy atom. The topological polar surface area (TPSA) is 67.3 Å². The predicted molar refractivity (Wildman–Crippen MR) is 103 cm³/mol. The maximum Gasteiger partial charge on any atom is 0.251 e. The summed E-state index contributed by atoms with van der Waals surface area (Å²) in [5.41, 5.74) is 1.57. The molecule has 2 aromatic heterocycles. The first kappa shape index (κ1) is 16.8. The van der Waals surface area contributed by atoms with Crippen molar-refractivity contribution in [1.82, 2.24) is 15.3 Å². The number of piperidine rings is 1. The maximum absolute atomic E-state index is 12.3.